The maximum atomic E-state index is 5.82. The molecule has 0 bridgehead atoms. The molecule has 0 aliphatic rings. The number of benzene rings is 2. The van der Waals surface area contributed by atoms with E-state index in [2.05, 4.69) is 31.3 Å². The van der Waals surface area contributed by atoms with E-state index in [1.165, 1.54) is 0 Å². The fraction of sp³-hybridized carbons (Fsp3) is 0.353. The number of thiocarbonyl (C=S) groups is 1. The number of rotatable bonds is 6. The molecule has 112 valence electrons. The molecule has 0 heterocycles. The quantitative estimate of drug-likeness (QED) is 0.801. The van der Waals surface area contributed by atoms with Gasteiger partial charge in [-0.05, 0) is 23.4 Å². The highest BCUT2D eigenvalue weighted by molar-refractivity contribution is 7.80. The van der Waals surface area contributed by atoms with Crippen LogP contribution in [0.1, 0.15) is 19.4 Å². The van der Waals surface area contributed by atoms with Crippen molar-refractivity contribution >= 4 is 33.7 Å². The lowest BCUT2D eigenvalue weighted by Gasteiger charge is -2.24. The van der Waals surface area contributed by atoms with Gasteiger partial charge in [0.1, 0.15) is 4.99 Å². The van der Waals surface area contributed by atoms with Crippen LogP contribution in [0.3, 0.4) is 0 Å². The van der Waals surface area contributed by atoms with E-state index in [4.69, 9.17) is 22.7 Å². The standard InChI is InChI=1S/C17H22N2OS/c1-11(2)16(10-20-3)19-15-9-8-14(17(18)21)12-6-4-5-7-13(12)15/h4-9,11,16,19H,10H2,1-3H3,(H2,18,21). The molecule has 1 unspecified atom stereocenters. The first-order valence-electron chi connectivity index (χ1n) is 7.11. The van der Waals surface area contributed by atoms with Crippen molar-refractivity contribution < 1.29 is 4.74 Å². The predicted molar refractivity (Wildman–Crippen MR) is 94.0 cm³/mol. The van der Waals surface area contributed by atoms with E-state index in [1.54, 1.807) is 7.11 Å². The Labute approximate surface area is 131 Å². The molecule has 0 amide bonds. The van der Waals surface area contributed by atoms with Gasteiger partial charge in [0.25, 0.3) is 0 Å². The Morgan fingerprint density at radius 2 is 1.86 bits per heavy atom. The van der Waals surface area contributed by atoms with Gasteiger partial charge >= 0.3 is 0 Å². The van der Waals surface area contributed by atoms with Crippen molar-refractivity contribution in [1.29, 1.82) is 0 Å². The average molecular weight is 302 g/mol. The van der Waals surface area contributed by atoms with Crippen LogP contribution in [0.4, 0.5) is 5.69 Å². The first-order valence-corrected chi connectivity index (χ1v) is 7.52. The second-order valence-corrected chi connectivity index (χ2v) is 5.96. The van der Waals surface area contributed by atoms with Crippen LogP contribution in [0.25, 0.3) is 10.8 Å². The topological polar surface area (TPSA) is 47.3 Å². The van der Waals surface area contributed by atoms with Gasteiger partial charge in [-0.2, -0.15) is 0 Å². The third kappa shape index (κ3) is 3.52. The number of hydrogen-bond donors (Lipinski definition) is 2. The summed E-state index contributed by atoms with van der Waals surface area (Å²) in [5.41, 5.74) is 7.82. The summed E-state index contributed by atoms with van der Waals surface area (Å²) in [6.07, 6.45) is 0. The molecule has 0 aliphatic carbocycles. The van der Waals surface area contributed by atoms with Crippen LogP contribution in [0, 0.1) is 5.92 Å². The number of methoxy groups -OCH3 is 1. The lowest BCUT2D eigenvalue weighted by Crippen LogP contribution is -2.30. The Morgan fingerprint density at radius 1 is 1.19 bits per heavy atom. The van der Waals surface area contributed by atoms with Gasteiger partial charge in [0, 0.05) is 23.7 Å². The van der Waals surface area contributed by atoms with E-state index in [1.807, 2.05) is 24.3 Å². The zero-order valence-electron chi connectivity index (χ0n) is 12.7. The fourth-order valence-electron chi connectivity index (χ4n) is 2.42. The van der Waals surface area contributed by atoms with E-state index >= 15 is 0 Å². The Morgan fingerprint density at radius 3 is 2.43 bits per heavy atom. The van der Waals surface area contributed by atoms with E-state index in [0.29, 0.717) is 17.5 Å². The Balaban J connectivity index is 2.46. The van der Waals surface area contributed by atoms with Crippen molar-refractivity contribution in [1.82, 2.24) is 0 Å². The first kappa shape index (κ1) is 15.7. The van der Waals surface area contributed by atoms with Gasteiger partial charge in [-0.15, -0.1) is 0 Å². The number of ether oxygens (including phenoxy) is 1. The minimum Gasteiger partial charge on any atom is -0.389 e. The van der Waals surface area contributed by atoms with Gasteiger partial charge in [-0.1, -0.05) is 50.3 Å². The van der Waals surface area contributed by atoms with Crippen molar-refractivity contribution in [3.05, 3.63) is 42.0 Å². The van der Waals surface area contributed by atoms with Crippen molar-refractivity contribution in [2.24, 2.45) is 11.7 Å². The highest BCUT2D eigenvalue weighted by atomic mass is 32.1. The van der Waals surface area contributed by atoms with E-state index in [0.717, 1.165) is 22.0 Å². The van der Waals surface area contributed by atoms with Crippen molar-refractivity contribution in [2.45, 2.75) is 19.9 Å². The average Bonchev–Trinajstić information content (AvgIpc) is 2.46. The zero-order valence-corrected chi connectivity index (χ0v) is 13.5. The number of nitrogens with two attached hydrogens (primary N) is 1. The molecule has 4 heteroatoms. The minimum absolute atomic E-state index is 0.258. The number of fused-ring (bicyclic) bond motifs is 1. The number of anilines is 1. The zero-order chi connectivity index (χ0) is 15.4. The largest absolute Gasteiger partial charge is 0.389 e. The number of hydrogen-bond acceptors (Lipinski definition) is 3. The second-order valence-electron chi connectivity index (χ2n) is 5.52. The van der Waals surface area contributed by atoms with Gasteiger partial charge < -0.3 is 15.8 Å². The lowest BCUT2D eigenvalue weighted by molar-refractivity contribution is 0.171. The summed E-state index contributed by atoms with van der Waals surface area (Å²) in [4.78, 5) is 0.426. The normalized spacial score (nSPS) is 12.6. The molecule has 21 heavy (non-hydrogen) atoms. The molecule has 0 fully saturated rings. The lowest BCUT2D eigenvalue weighted by atomic mass is 10.0. The summed E-state index contributed by atoms with van der Waals surface area (Å²) in [5, 5.41) is 5.79. The van der Waals surface area contributed by atoms with Crippen molar-refractivity contribution in [3.8, 4) is 0 Å². The van der Waals surface area contributed by atoms with Crippen molar-refractivity contribution in [3.63, 3.8) is 0 Å². The molecule has 0 spiro atoms. The van der Waals surface area contributed by atoms with Gasteiger partial charge in [0.15, 0.2) is 0 Å². The summed E-state index contributed by atoms with van der Waals surface area (Å²) in [7, 11) is 1.73. The summed E-state index contributed by atoms with van der Waals surface area (Å²) < 4.78 is 5.31. The summed E-state index contributed by atoms with van der Waals surface area (Å²) in [5.74, 6) is 0.471. The Hall–Kier alpha value is -1.65. The molecule has 1 atom stereocenters. The maximum absolute atomic E-state index is 5.82. The SMILES string of the molecule is COCC(Nc1ccc(C(N)=S)c2ccccc12)C(C)C. The molecule has 0 aliphatic heterocycles. The van der Waals surface area contributed by atoms with Gasteiger partial charge in [-0.3, -0.25) is 0 Å². The predicted octanol–water partition coefficient (Wildman–Crippen LogP) is 3.56. The summed E-state index contributed by atoms with van der Waals surface area (Å²) in [6, 6.07) is 12.5. The molecule has 3 N–H and O–H groups in total. The van der Waals surface area contributed by atoms with Gasteiger partial charge in [-0.25, -0.2) is 0 Å². The van der Waals surface area contributed by atoms with Crippen molar-refractivity contribution in [2.75, 3.05) is 19.0 Å². The highest BCUT2D eigenvalue weighted by Gasteiger charge is 2.15. The molecule has 0 aromatic heterocycles. The molecule has 2 rings (SSSR count). The highest BCUT2D eigenvalue weighted by Crippen LogP contribution is 2.28. The second kappa shape index (κ2) is 6.87. The molecule has 3 nitrogen and oxygen atoms in total. The smallest absolute Gasteiger partial charge is 0.104 e. The summed E-state index contributed by atoms with van der Waals surface area (Å²) >= 11 is 5.14. The maximum Gasteiger partial charge on any atom is 0.104 e. The van der Waals surface area contributed by atoms with Gasteiger partial charge in [0.2, 0.25) is 0 Å². The van der Waals surface area contributed by atoms with Crippen LogP contribution in [0.2, 0.25) is 0 Å². The van der Waals surface area contributed by atoms with E-state index in [9.17, 15) is 0 Å². The Kier molecular flexibility index (Phi) is 5.15. The molecule has 0 saturated carbocycles. The minimum atomic E-state index is 0.258. The van der Waals surface area contributed by atoms with Crippen LogP contribution in [-0.4, -0.2) is 24.7 Å². The van der Waals surface area contributed by atoms with E-state index < -0.39 is 0 Å². The molecule has 0 saturated heterocycles. The molecule has 2 aromatic carbocycles. The van der Waals surface area contributed by atoms with Crippen LogP contribution in [0.5, 0.6) is 0 Å². The van der Waals surface area contributed by atoms with Crippen LogP contribution in [0.15, 0.2) is 36.4 Å². The molecule has 2 aromatic rings. The fourth-order valence-corrected chi connectivity index (χ4v) is 2.60. The molecule has 0 radical (unpaired) electrons. The van der Waals surface area contributed by atoms with Gasteiger partial charge in [0.05, 0.1) is 12.6 Å². The monoisotopic (exact) mass is 302 g/mol. The molecular weight excluding hydrogens is 280 g/mol. The van der Waals surface area contributed by atoms with E-state index in [-0.39, 0.29) is 6.04 Å². The first-order chi connectivity index (χ1) is 10.0. The van der Waals surface area contributed by atoms with Crippen LogP contribution >= 0.6 is 12.2 Å². The van der Waals surface area contributed by atoms with Crippen LogP contribution < -0.4 is 11.1 Å². The third-order valence-electron chi connectivity index (χ3n) is 3.68. The summed E-state index contributed by atoms with van der Waals surface area (Å²) in [6.45, 7) is 5.04. The Bertz CT molecular complexity index is 640. The third-order valence-corrected chi connectivity index (χ3v) is 3.90. The molecular formula is C17H22N2OS. The number of nitrogens with one attached hydrogen (secondary N) is 1. The van der Waals surface area contributed by atoms with Crippen LogP contribution in [-0.2, 0) is 4.74 Å².